The second kappa shape index (κ2) is 12.7. The van der Waals surface area contributed by atoms with Crippen molar-refractivity contribution in [1.29, 1.82) is 0 Å². The number of carboxylic acids is 1. The minimum atomic E-state index is -1.49. The Morgan fingerprint density at radius 1 is 1.13 bits per heavy atom. The topological polar surface area (TPSA) is 155 Å². The molecule has 1 aromatic carbocycles. The third-order valence-corrected chi connectivity index (χ3v) is 8.76. The molecule has 13 heteroatoms. The largest absolute Gasteiger partial charge is 0.479 e. The fraction of sp³-hybridized carbons (Fsp3) is 0.594. The Balaban J connectivity index is 1.37. The van der Waals surface area contributed by atoms with Crippen LogP contribution in [-0.2, 0) is 36.9 Å². The van der Waals surface area contributed by atoms with Gasteiger partial charge in [-0.1, -0.05) is 37.1 Å². The van der Waals surface area contributed by atoms with E-state index >= 15 is 0 Å². The highest BCUT2D eigenvalue weighted by Crippen LogP contribution is 2.45. The van der Waals surface area contributed by atoms with Gasteiger partial charge in [0.1, 0.15) is 35.1 Å². The number of allylic oxidation sites excluding steroid dienone is 1. The van der Waals surface area contributed by atoms with Crippen LogP contribution in [0.2, 0.25) is 0 Å². The van der Waals surface area contributed by atoms with Crippen molar-refractivity contribution in [2.45, 2.75) is 108 Å². The number of carboxylic acid groups (broad SMARTS) is 1. The SMILES string of the molecule is CC(C)(C)OC(=O)N[C@@H]1CCCCC/C=C\[C@@H]2CC2(C(=O)O)NC(=O)[C@@H]2C[C@@H](OC(=O)N3Cc4cccc(F)c4C3)CN2C1=O. The van der Waals surface area contributed by atoms with Crippen LogP contribution in [0.4, 0.5) is 14.0 Å². The van der Waals surface area contributed by atoms with E-state index in [9.17, 15) is 33.5 Å². The van der Waals surface area contributed by atoms with Gasteiger partial charge in [-0.2, -0.15) is 0 Å². The lowest BCUT2D eigenvalue weighted by Crippen LogP contribution is -2.56. The lowest BCUT2D eigenvalue weighted by molar-refractivity contribution is -0.145. The molecule has 5 atom stereocenters. The fourth-order valence-electron chi connectivity index (χ4n) is 6.32. The van der Waals surface area contributed by atoms with Gasteiger partial charge in [0.25, 0.3) is 0 Å². The van der Waals surface area contributed by atoms with E-state index in [0.717, 1.165) is 19.3 Å². The first-order valence-corrected chi connectivity index (χ1v) is 15.5. The van der Waals surface area contributed by atoms with E-state index in [1.54, 1.807) is 32.9 Å². The number of amides is 4. The molecular weight excluding hydrogens is 587 g/mol. The molecule has 45 heavy (non-hydrogen) atoms. The van der Waals surface area contributed by atoms with Crippen LogP contribution < -0.4 is 10.6 Å². The number of carbonyl (C=O) groups excluding carboxylic acids is 4. The minimum absolute atomic E-state index is 0.0258. The molecule has 1 saturated carbocycles. The van der Waals surface area contributed by atoms with Crippen LogP contribution in [0, 0.1) is 11.7 Å². The van der Waals surface area contributed by atoms with Crippen LogP contribution in [0.3, 0.4) is 0 Å². The zero-order valence-electron chi connectivity index (χ0n) is 25.8. The molecule has 5 rings (SSSR count). The maximum atomic E-state index is 14.3. The van der Waals surface area contributed by atoms with E-state index in [2.05, 4.69) is 10.6 Å². The van der Waals surface area contributed by atoms with Gasteiger partial charge in [0, 0.05) is 24.4 Å². The van der Waals surface area contributed by atoms with Gasteiger partial charge in [0.2, 0.25) is 11.8 Å². The van der Waals surface area contributed by atoms with E-state index in [0.29, 0.717) is 17.5 Å². The van der Waals surface area contributed by atoms with Crippen LogP contribution in [0.1, 0.15) is 76.8 Å². The molecule has 4 amide bonds. The van der Waals surface area contributed by atoms with Crippen LogP contribution in [0.25, 0.3) is 0 Å². The smallest absolute Gasteiger partial charge is 0.410 e. The summed E-state index contributed by atoms with van der Waals surface area (Å²) >= 11 is 0. The van der Waals surface area contributed by atoms with E-state index in [-0.39, 0.29) is 44.8 Å². The molecule has 3 aliphatic heterocycles. The van der Waals surface area contributed by atoms with Crippen molar-refractivity contribution in [2.75, 3.05) is 6.54 Å². The molecule has 244 valence electrons. The molecule has 0 radical (unpaired) electrons. The average Bonchev–Trinajstić information content (AvgIpc) is 3.27. The first-order valence-electron chi connectivity index (χ1n) is 15.5. The van der Waals surface area contributed by atoms with Gasteiger partial charge in [-0.15, -0.1) is 0 Å². The molecule has 1 aliphatic carbocycles. The summed E-state index contributed by atoms with van der Waals surface area (Å²) in [7, 11) is 0. The summed E-state index contributed by atoms with van der Waals surface area (Å²) in [6.45, 7) is 5.15. The summed E-state index contributed by atoms with van der Waals surface area (Å²) in [6.07, 6.45) is 4.66. The van der Waals surface area contributed by atoms with Gasteiger partial charge in [0.05, 0.1) is 13.1 Å². The Morgan fingerprint density at radius 3 is 2.62 bits per heavy atom. The highest BCUT2D eigenvalue weighted by molar-refractivity contribution is 5.96. The number of halogens is 1. The van der Waals surface area contributed by atoms with E-state index in [1.807, 2.05) is 12.2 Å². The highest BCUT2D eigenvalue weighted by Gasteiger charge is 2.61. The van der Waals surface area contributed by atoms with Crippen molar-refractivity contribution in [3.8, 4) is 0 Å². The van der Waals surface area contributed by atoms with Gasteiger partial charge >= 0.3 is 18.2 Å². The maximum absolute atomic E-state index is 14.3. The standard InChI is InChI=1S/C32H41FN4O8/c1-31(2,3)45-29(42)34-24-13-8-6-4-5-7-11-20-15-32(20,28(40)41)35-26(38)25-14-21(17-37(25)27(24)39)44-30(43)36-16-19-10-9-12-23(33)22(19)18-36/h7,9-12,20-21,24-25H,4-6,8,13-18H2,1-3H3,(H,34,42)(H,35,38)(H,40,41)/b11-7-/t20-,21-,24-,25+,32?/m1/s1. The molecule has 3 N–H and O–H groups in total. The lowest BCUT2D eigenvalue weighted by atomic mass is 10.0. The number of hydrogen-bond acceptors (Lipinski definition) is 7. The van der Waals surface area contributed by atoms with Gasteiger partial charge in [-0.05, 0) is 58.1 Å². The number of benzene rings is 1. The van der Waals surface area contributed by atoms with Gasteiger partial charge < -0.3 is 30.1 Å². The highest BCUT2D eigenvalue weighted by atomic mass is 19.1. The Labute approximate surface area is 261 Å². The molecule has 3 heterocycles. The number of nitrogens with one attached hydrogen (secondary N) is 2. The average molecular weight is 629 g/mol. The second-order valence-electron chi connectivity index (χ2n) is 13.3. The number of rotatable bonds is 3. The van der Waals surface area contributed by atoms with E-state index in [1.165, 1.54) is 15.9 Å². The zero-order chi connectivity index (χ0) is 32.5. The molecule has 1 saturated heterocycles. The summed E-state index contributed by atoms with van der Waals surface area (Å²) < 4.78 is 25.4. The molecule has 1 aromatic rings. The third-order valence-electron chi connectivity index (χ3n) is 8.76. The number of alkyl carbamates (subject to hydrolysis) is 1. The van der Waals surface area contributed by atoms with E-state index < -0.39 is 65.1 Å². The molecule has 4 aliphatic rings. The molecule has 1 unspecified atom stereocenters. The number of hydrogen-bond donors (Lipinski definition) is 3. The summed E-state index contributed by atoms with van der Waals surface area (Å²) in [5.74, 6) is -3.20. The number of carbonyl (C=O) groups is 5. The first kappa shape index (κ1) is 32.2. The third kappa shape index (κ3) is 7.23. The summed E-state index contributed by atoms with van der Waals surface area (Å²) in [5, 5.41) is 15.4. The quantitative estimate of drug-likeness (QED) is 0.429. The normalized spacial score (nSPS) is 29.2. The van der Waals surface area contributed by atoms with Gasteiger partial charge in [-0.25, -0.2) is 18.8 Å². The number of aliphatic carboxylic acids is 1. The van der Waals surface area contributed by atoms with Crippen LogP contribution in [0.5, 0.6) is 0 Å². The summed E-state index contributed by atoms with van der Waals surface area (Å²) in [4.78, 5) is 68.5. The maximum Gasteiger partial charge on any atom is 0.410 e. The summed E-state index contributed by atoms with van der Waals surface area (Å²) in [5.41, 5.74) is -1.22. The van der Waals surface area contributed by atoms with Gasteiger partial charge in [0.15, 0.2) is 0 Å². The second-order valence-corrected chi connectivity index (χ2v) is 13.3. The van der Waals surface area contributed by atoms with Gasteiger partial charge in [-0.3, -0.25) is 14.5 Å². The zero-order valence-corrected chi connectivity index (χ0v) is 25.8. The van der Waals surface area contributed by atoms with E-state index in [4.69, 9.17) is 9.47 Å². The van der Waals surface area contributed by atoms with Crippen molar-refractivity contribution in [2.24, 2.45) is 5.92 Å². The Kier molecular flexibility index (Phi) is 9.09. The molecule has 2 fully saturated rings. The Bertz CT molecular complexity index is 1390. The predicted octanol–water partition coefficient (Wildman–Crippen LogP) is 3.62. The van der Waals surface area contributed by atoms with Crippen LogP contribution >= 0.6 is 0 Å². The fourth-order valence-corrected chi connectivity index (χ4v) is 6.32. The number of nitrogens with zero attached hydrogens (tertiary/aromatic N) is 2. The van der Waals surface area contributed by atoms with Crippen molar-refractivity contribution in [3.63, 3.8) is 0 Å². The lowest BCUT2D eigenvalue weighted by Gasteiger charge is -2.30. The minimum Gasteiger partial charge on any atom is -0.479 e. The number of fused-ring (bicyclic) bond motifs is 3. The molecule has 0 spiro atoms. The molecular formula is C32H41FN4O8. The molecule has 12 nitrogen and oxygen atoms in total. The Morgan fingerprint density at radius 2 is 1.91 bits per heavy atom. The van der Waals surface area contributed by atoms with Crippen molar-refractivity contribution >= 4 is 30.0 Å². The number of ether oxygens (including phenoxy) is 2. The van der Waals surface area contributed by atoms with Crippen molar-refractivity contribution in [3.05, 3.63) is 47.3 Å². The monoisotopic (exact) mass is 628 g/mol. The molecule has 0 aromatic heterocycles. The van der Waals surface area contributed by atoms with Crippen LogP contribution in [0.15, 0.2) is 30.4 Å². The molecule has 0 bridgehead atoms. The van der Waals surface area contributed by atoms with Crippen molar-refractivity contribution in [1.82, 2.24) is 20.4 Å². The van der Waals surface area contributed by atoms with Crippen molar-refractivity contribution < 1.29 is 42.9 Å². The predicted molar refractivity (Wildman–Crippen MR) is 158 cm³/mol. The first-order chi connectivity index (χ1) is 21.3. The Hall–Kier alpha value is -4.16. The van der Waals surface area contributed by atoms with Crippen LogP contribution in [-0.4, -0.2) is 80.7 Å². The summed E-state index contributed by atoms with van der Waals surface area (Å²) in [6, 6.07) is 2.45.